The summed E-state index contributed by atoms with van der Waals surface area (Å²) in [5.74, 6) is 0.881. The number of anilines is 1. The topological polar surface area (TPSA) is 48.1 Å². The van der Waals surface area contributed by atoms with Crippen molar-refractivity contribution in [1.82, 2.24) is 4.98 Å². The Bertz CT molecular complexity index is 528. The molecule has 0 aliphatic heterocycles. The van der Waals surface area contributed by atoms with Crippen LogP contribution >= 0.6 is 27.7 Å². The number of pyridine rings is 1. The zero-order valence-electron chi connectivity index (χ0n) is 9.44. The van der Waals surface area contributed by atoms with Crippen LogP contribution in [0.5, 0.6) is 0 Å². The number of aromatic nitrogens is 1. The van der Waals surface area contributed by atoms with Gasteiger partial charge in [-0.1, -0.05) is 15.9 Å². The van der Waals surface area contributed by atoms with Crippen LogP contribution in [0.3, 0.4) is 0 Å². The number of methoxy groups -OCH3 is 1. The highest BCUT2D eigenvalue weighted by atomic mass is 79.9. The Morgan fingerprint density at radius 2 is 2.29 bits per heavy atom. The number of benzene rings is 1. The molecule has 90 valence electrons. The summed E-state index contributed by atoms with van der Waals surface area (Å²) in [5, 5.41) is 1.08. The number of ether oxygens (including phenoxy) is 1. The van der Waals surface area contributed by atoms with Gasteiger partial charge in [-0.15, -0.1) is 11.8 Å². The highest BCUT2D eigenvalue weighted by Crippen LogP contribution is 2.33. The molecule has 5 heteroatoms. The van der Waals surface area contributed by atoms with E-state index in [4.69, 9.17) is 10.5 Å². The SMILES string of the molecule is COCCSc1c(N)cnc2ccc(Br)cc12. The normalized spacial score (nSPS) is 10.9. The fourth-order valence-corrected chi connectivity index (χ4v) is 2.90. The Morgan fingerprint density at radius 1 is 1.47 bits per heavy atom. The zero-order chi connectivity index (χ0) is 12.3. The number of rotatable bonds is 4. The van der Waals surface area contributed by atoms with Crippen molar-refractivity contribution in [3.05, 3.63) is 28.9 Å². The fourth-order valence-electron chi connectivity index (χ4n) is 1.54. The lowest BCUT2D eigenvalue weighted by atomic mass is 10.2. The van der Waals surface area contributed by atoms with E-state index in [2.05, 4.69) is 20.9 Å². The first kappa shape index (κ1) is 12.7. The van der Waals surface area contributed by atoms with E-state index in [-0.39, 0.29) is 0 Å². The van der Waals surface area contributed by atoms with E-state index in [1.165, 1.54) is 0 Å². The summed E-state index contributed by atoms with van der Waals surface area (Å²) in [7, 11) is 1.70. The van der Waals surface area contributed by atoms with Crippen molar-refractivity contribution in [3.8, 4) is 0 Å². The lowest BCUT2D eigenvalue weighted by Crippen LogP contribution is -1.96. The van der Waals surface area contributed by atoms with Gasteiger partial charge in [-0.25, -0.2) is 0 Å². The number of thioether (sulfide) groups is 1. The first-order valence-electron chi connectivity index (χ1n) is 5.18. The second-order valence-electron chi connectivity index (χ2n) is 3.55. The van der Waals surface area contributed by atoms with Crippen LogP contribution in [-0.4, -0.2) is 24.5 Å². The largest absolute Gasteiger partial charge is 0.397 e. The molecule has 1 aromatic carbocycles. The Hall–Kier alpha value is -0.780. The van der Waals surface area contributed by atoms with Crippen LogP contribution < -0.4 is 5.73 Å². The van der Waals surface area contributed by atoms with Crippen molar-refractivity contribution in [3.63, 3.8) is 0 Å². The van der Waals surface area contributed by atoms with Crippen molar-refractivity contribution in [1.29, 1.82) is 0 Å². The molecule has 2 rings (SSSR count). The third-order valence-corrected chi connectivity index (χ3v) is 3.95. The summed E-state index contributed by atoms with van der Waals surface area (Å²) in [5.41, 5.74) is 7.66. The molecule has 0 aliphatic rings. The Balaban J connectivity index is 2.43. The molecule has 0 saturated heterocycles. The second-order valence-corrected chi connectivity index (χ2v) is 5.57. The molecule has 17 heavy (non-hydrogen) atoms. The maximum atomic E-state index is 5.98. The standard InChI is InChI=1S/C12H13BrN2OS/c1-16-4-5-17-12-9-6-8(13)2-3-11(9)15-7-10(12)14/h2-3,6-7H,4-5,14H2,1H3. The van der Waals surface area contributed by atoms with Gasteiger partial charge >= 0.3 is 0 Å². The molecule has 0 radical (unpaired) electrons. The molecule has 0 amide bonds. The van der Waals surface area contributed by atoms with E-state index in [1.807, 2.05) is 18.2 Å². The smallest absolute Gasteiger partial charge is 0.0715 e. The summed E-state index contributed by atoms with van der Waals surface area (Å²) in [6, 6.07) is 6.02. The predicted octanol–water partition coefficient (Wildman–Crippen LogP) is 3.32. The van der Waals surface area contributed by atoms with Gasteiger partial charge in [0.25, 0.3) is 0 Å². The summed E-state index contributed by atoms with van der Waals surface area (Å²) < 4.78 is 6.09. The summed E-state index contributed by atoms with van der Waals surface area (Å²) in [4.78, 5) is 5.40. The van der Waals surface area contributed by atoms with E-state index < -0.39 is 0 Å². The third kappa shape index (κ3) is 2.91. The van der Waals surface area contributed by atoms with Crippen molar-refractivity contribution < 1.29 is 4.74 Å². The average molecular weight is 313 g/mol. The molecule has 0 spiro atoms. The molecule has 2 aromatic rings. The van der Waals surface area contributed by atoms with Crippen LogP contribution in [-0.2, 0) is 4.74 Å². The first-order valence-corrected chi connectivity index (χ1v) is 6.95. The van der Waals surface area contributed by atoms with Crippen LogP contribution in [0.4, 0.5) is 5.69 Å². The zero-order valence-corrected chi connectivity index (χ0v) is 11.8. The number of fused-ring (bicyclic) bond motifs is 1. The molecule has 0 atom stereocenters. The monoisotopic (exact) mass is 312 g/mol. The number of halogens is 1. The minimum absolute atomic E-state index is 0.710. The van der Waals surface area contributed by atoms with Gasteiger partial charge in [-0.05, 0) is 18.2 Å². The molecule has 0 bridgehead atoms. The van der Waals surface area contributed by atoms with E-state index in [1.54, 1.807) is 25.1 Å². The molecule has 3 nitrogen and oxygen atoms in total. The van der Waals surface area contributed by atoms with Gasteiger partial charge in [0.15, 0.2) is 0 Å². The summed E-state index contributed by atoms with van der Waals surface area (Å²) >= 11 is 5.17. The Labute approximate surface area is 113 Å². The number of nitrogen functional groups attached to an aromatic ring is 1. The molecular formula is C12H13BrN2OS. The maximum absolute atomic E-state index is 5.98. The molecule has 0 aliphatic carbocycles. The first-order chi connectivity index (χ1) is 8.22. The number of hydrogen-bond acceptors (Lipinski definition) is 4. The van der Waals surface area contributed by atoms with Crippen LogP contribution in [0.25, 0.3) is 10.9 Å². The number of nitrogens with zero attached hydrogens (tertiary/aromatic N) is 1. The van der Waals surface area contributed by atoms with Gasteiger partial charge in [0.05, 0.1) is 24.0 Å². The van der Waals surface area contributed by atoms with Gasteiger partial charge < -0.3 is 10.5 Å². The van der Waals surface area contributed by atoms with Crippen LogP contribution in [0, 0.1) is 0 Å². The average Bonchev–Trinajstić information content (AvgIpc) is 2.32. The van der Waals surface area contributed by atoms with Crippen molar-refractivity contribution in [2.45, 2.75) is 4.90 Å². The van der Waals surface area contributed by atoms with Gasteiger partial charge in [0.1, 0.15) is 0 Å². The van der Waals surface area contributed by atoms with Crippen molar-refractivity contribution >= 4 is 44.3 Å². The Morgan fingerprint density at radius 3 is 3.06 bits per heavy atom. The van der Waals surface area contributed by atoms with Crippen molar-refractivity contribution in [2.24, 2.45) is 0 Å². The summed E-state index contributed by atoms with van der Waals surface area (Å²) in [6.45, 7) is 0.710. The molecule has 1 heterocycles. The number of hydrogen-bond donors (Lipinski definition) is 1. The van der Waals surface area contributed by atoms with E-state index >= 15 is 0 Å². The predicted molar refractivity (Wildman–Crippen MR) is 76.5 cm³/mol. The van der Waals surface area contributed by atoms with Gasteiger partial charge in [0, 0.05) is 27.6 Å². The molecule has 0 unspecified atom stereocenters. The van der Waals surface area contributed by atoms with E-state index in [0.29, 0.717) is 6.61 Å². The quantitative estimate of drug-likeness (QED) is 0.695. The lowest BCUT2D eigenvalue weighted by Gasteiger charge is -2.09. The highest BCUT2D eigenvalue weighted by molar-refractivity contribution is 9.10. The Kier molecular flexibility index (Phi) is 4.25. The molecule has 2 N–H and O–H groups in total. The fraction of sp³-hybridized carbons (Fsp3) is 0.250. The van der Waals surface area contributed by atoms with Gasteiger partial charge in [-0.3, -0.25) is 4.98 Å². The van der Waals surface area contributed by atoms with Crippen LogP contribution in [0.1, 0.15) is 0 Å². The minimum atomic E-state index is 0.710. The molecule has 1 aromatic heterocycles. The van der Waals surface area contributed by atoms with E-state index in [9.17, 15) is 0 Å². The van der Waals surface area contributed by atoms with Crippen molar-refractivity contribution in [2.75, 3.05) is 25.2 Å². The number of nitrogens with two attached hydrogens (primary N) is 1. The molecule has 0 fully saturated rings. The van der Waals surface area contributed by atoms with E-state index in [0.717, 1.165) is 31.7 Å². The van der Waals surface area contributed by atoms with Gasteiger partial charge in [-0.2, -0.15) is 0 Å². The third-order valence-electron chi connectivity index (χ3n) is 2.34. The van der Waals surface area contributed by atoms with Gasteiger partial charge in [0.2, 0.25) is 0 Å². The minimum Gasteiger partial charge on any atom is -0.397 e. The maximum Gasteiger partial charge on any atom is 0.0715 e. The summed E-state index contributed by atoms with van der Waals surface area (Å²) in [6.07, 6.45) is 1.71. The van der Waals surface area contributed by atoms with Crippen LogP contribution in [0.15, 0.2) is 33.8 Å². The highest BCUT2D eigenvalue weighted by Gasteiger charge is 2.07. The van der Waals surface area contributed by atoms with Crippen LogP contribution in [0.2, 0.25) is 0 Å². The molecular weight excluding hydrogens is 300 g/mol. The second kappa shape index (κ2) is 5.71. The molecule has 0 saturated carbocycles. The lowest BCUT2D eigenvalue weighted by molar-refractivity contribution is 0.218.